The fourth-order valence-electron chi connectivity index (χ4n) is 1.66. The monoisotopic (exact) mass is 3160 g/mol. The van der Waals surface area contributed by atoms with Crippen molar-refractivity contribution in [2.24, 2.45) is 0 Å². The van der Waals surface area contributed by atoms with Crippen LogP contribution >= 0.6 is 0 Å². The molecule has 4 fully saturated rings. The van der Waals surface area contributed by atoms with E-state index in [0.717, 1.165) is 0 Å². The molecule has 4 saturated heterocycles. The molecule has 43 nitrogen and oxygen atoms in total. The molecular weight excluding hydrogens is 3150 g/mol. The Kier molecular flexibility index (Phi) is 43.9. The zero-order valence-corrected chi connectivity index (χ0v) is 80.1. The summed E-state index contributed by atoms with van der Waals surface area (Å²) in [6, 6.07) is 0. The van der Waals surface area contributed by atoms with Crippen molar-refractivity contribution in [3.8, 4) is 0 Å². The van der Waals surface area contributed by atoms with Crippen molar-refractivity contribution < 1.29 is 612 Å². The average Bonchev–Trinajstić information content (AvgIpc) is 2.48. The molecule has 0 aromatic rings. The van der Waals surface area contributed by atoms with Crippen molar-refractivity contribution in [2.45, 2.75) is 0 Å². The van der Waals surface area contributed by atoms with Gasteiger partial charge in [0, 0.05) is 16.8 Å². The summed E-state index contributed by atoms with van der Waals surface area (Å²) < 4.78 is 323. The van der Waals surface area contributed by atoms with Crippen molar-refractivity contribution in [1.29, 1.82) is 0 Å². The summed E-state index contributed by atoms with van der Waals surface area (Å²) in [6.07, 6.45) is 0. The Bertz CT molecular complexity index is 2170. The van der Waals surface area contributed by atoms with Gasteiger partial charge < -0.3 is 16.4 Å². The Labute approximate surface area is 592 Å². The van der Waals surface area contributed by atoms with E-state index in [1.807, 2.05) is 0 Å². The Hall–Kier alpha value is 12.0. The van der Waals surface area contributed by atoms with E-state index in [1.165, 1.54) is 0 Å². The van der Waals surface area contributed by atoms with E-state index in [1.54, 1.807) is 0 Å². The van der Waals surface area contributed by atoms with Crippen LogP contribution in [0.15, 0.2) is 0 Å². The van der Waals surface area contributed by atoms with E-state index in [2.05, 4.69) is 24.5 Å². The molecule has 1 radical (unpaired) electrons. The first-order valence-electron chi connectivity index (χ1n) is 8.73. The molecule has 4 heterocycles. The normalized spacial score (nSPS) is 31.5. The second kappa shape index (κ2) is 29.0. The van der Waals surface area contributed by atoms with Crippen LogP contribution < -0.4 is 272 Å². The van der Waals surface area contributed by atoms with Crippen LogP contribution in [0.1, 0.15) is 0 Å². The quantitative estimate of drug-likeness (QED) is 0.164. The molecule has 0 aliphatic carbocycles. The van der Waals surface area contributed by atoms with Gasteiger partial charge in [-0.1, -0.05) is 0 Å². The van der Waals surface area contributed by atoms with E-state index >= 15 is 0 Å². The molecule has 0 unspecified atom stereocenters. The van der Waals surface area contributed by atoms with Crippen LogP contribution in [0.5, 0.6) is 0 Å². The van der Waals surface area contributed by atoms with Gasteiger partial charge >= 0.3 is 579 Å². The van der Waals surface area contributed by atoms with Crippen molar-refractivity contribution in [1.82, 2.24) is 0 Å². The molecular formula is H10CoK5O43W12+. The summed E-state index contributed by atoms with van der Waals surface area (Å²) in [7, 11) is 0. The Morgan fingerprint density at radius 3 is 0.393 bits per heavy atom. The molecule has 0 aromatic carbocycles. The summed E-state index contributed by atoms with van der Waals surface area (Å²) in [5.74, 6) is 0. The molecule has 353 valence electrons. The van der Waals surface area contributed by atoms with Crippen LogP contribution in [0.4, 0.5) is 0 Å². The fraction of sp³-hybridized carbons (Fsp3) is 0. The van der Waals surface area contributed by atoms with Gasteiger partial charge in [-0.15, -0.1) is 0 Å². The SMILES string of the molecule is O.O.O.[Co].[K+].[K+].[K+].[K+].[K+].[O]=[W]1(=[O])[O][W](=[O])(=[O])[O][W](=[O])([O-])([OH])[O]1.[O]=[W]1(=[O])[O][W](=[O])(=[O])[O][W](=[O])([O-])([OH])[O]1.[O]=[W]1(=[O])[O][W](=[O])(=[O])[O][W](=[O])([O-])([OH])[O]1.[O]=[W]1(=[O])[O][W](=[O])(=[O])[O][W](=[O])([O-])([OH])[O]1. The van der Waals surface area contributed by atoms with Gasteiger partial charge in [0.2, 0.25) is 0 Å². The zero-order valence-electron chi connectivity index (χ0n) is 28.2. The maximum absolute atomic E-state index is 10.5. The van der Waals surface area contributed by atoms with E-state index in [4.69, 9.17) is 15.0 Å². The molecule has 10 N–H and O–H groups in total. The second-order valence-corrected chi connectivity index (χ2v) is 105. The molecule has 4 aliphatic rings. The van der Waals surface area contributed by atoms with E-state index in [9.17, 15) is 83.0 Å². The van der Waals surface area contributed by atoms with Gasteiger partial charge in [0.25, 0.3) is 0 Å². The van der Waals surface area contributed by atoms with Crippen LogP contribution in [-0.4, -0.2) is 31.5 Å². The first-order chi connectivity index (χ1) is 21.6. The van der Waals surface area contributed by atoms with Gasteiger partial charge in [0.05, 0.1) is 0 Å². The van der Waals surface area contributed by atoms with Crippen LogP contribution in [0.25, 0.3) is 0 Å². The van der Waals surface area contributed by atoms with Gasteiger partial charge in [0.15, 0.2) is 0 Å². The van der Waals surface area contributed by atoms with Crippen LogP contribution in [0.2, 0.25) is 0 Å². The van der Waals surface area contributed by atoms with E-state index in [0.29, 0.717) is 0 Å². The van der Waals surface area contributed by atoms with Crippen molar-refractivity contribution in [2.75, 3.05) is 0 Å². The number of rotatable bonds is 0. The van der Waals surface area contributed by atoms with Crippen LogP contribution in [-0.2, 0) is 308 Å². The van der Waals surface area contributed by atoms with Gasteiger partial charge in [-0.2, -0.15) is 0 Å². The fourth-order valence-corrected chi connectivity index (χ4v) is 177. The molecule has 0 saturated carbocycles. The van der Waals surface area contributed by atoms with Gasteiger partial charge in [0.1, 0.15) is 0 Å². The summed E-state index contributed by atoms with van der Waals surface area (Å²) in [5, 5.41) is 0. The second-order valence-electron chi connectivity index (χ2n) is 6.91. The topological polar surface area (TPSA) is 720 Å². The summed E-state index contributed by atoms with van der Waals surface area (Å²) in [4.78, 5) is 0. The Morgan fingerprint density at radius 2 is 0.344 bits per heavy atom. The summed E-state index contributed by atoms with van der Waals surface area (Å²) >= 11 is -84.3. The summed E-state index contributed by atoms with van der Waals surface area (Å²) in [5.41, 5.74) is 0. The van der Waals surface area contributed by atoms with Crippen molar-refractivity contribution in [3.05, 3.63) is 0 Å². The zero-order chi connectivity index (χ0) is 42.3. The first kappa shape index (κ1) is 92.4. The molecule has 0 aromatic heterocycles. The van der Waals surface area contributed by atoms with Crippen LogP contribution in [0, 0.1) is 0 Å². The van der Waals surface area contributed by atoms with Crippen molar-refractivity contribution in [3.63, 3.8) is 0 Å². The van der Waals surface area contributed by atoms with Gasteiger partial charge in [-0.25, -0.2) is 0 Å². The Morgan fingerprint density at radius 1 is 0.279 bits per heavy atom. The van der Waals surface area contributed by atoms with E-state index < -0.39 is 199 Å². The first-order valence-corrected chi connectivity index (χ1v) is 71.5. The molecule has 0 amide bonds. The molecule has 61 heavy (non-hydrogen) atoms. The average molecular weight is 3160 g/mol. The molecule has 61 heteroatoms. The molecule has 0 bridgehead atoms. The molecule has 0 atom stereocenters. The number of hydrogen-bond donors (Lipinski definition) is 4. The third kappa shape index (κ3) is 41.7. The van der Waals surface area contributed by atoms with E-state index in [-0.39, 0.29) is 290 Å². The standard InChI is InChI=1S/Co.5K.7H2O.36O.12W/h;;;;;;7*1H2;;;;;;;;;;;;;;;;;;;;;;;;;;;;;;;;;;;;;;;;;;;;;;;;/q;5*+1;;;;;;;;;;;;;;;;;;;;;;;;;;;;;;;;;;;;;;;;4*-1;;;;;;;;;4*+1/p-4. The third-order valence-electron chi connectivity index (χ3n) is 2.24. The summed E-state index contributed by atoms with van der Waals surface area (Å²) in [6.45, 7) is 0. The number of hydrogen-bond acceptors (Lipinski definition) is 36. The molecule has 4 rings (SSSR count). The molecule has 4 aliphatic heterocycles. The predicted molar refractivity (Wildman–Crippen MR) is 46.5 cm³/mol. The van der Waals surface area contributed by atoms with Crippen molar-refractivity contribution >= 4 is 0 Å². The Balaban J connectivity index is -0.0000000805. The van der Waals surface area contributed by atoms with Gasteiger partial charge in [-0.05, 0) is 0 Å². The molecule has 0 spiro atoms. The maximum atomic E-state index is 10.5. The minimum absolute atomic E-state index is 0. The predicted octanol–water partition coefficient (Wildman–Crippen LogP) is -27.7. The van der Waals surface area contributed by atoms with Crippen LogP contribution in [0.3, 0.4) is 0 Å². The minimum atomic E-state index is -7.88. The van der Waals surface area contributed by atoms with Gasteiger partial charge in [-0.3, -0.25) is 0 Å². The third-order valence-corrected chi connectivity index (χ3v) is 150.